The third-order valence-corrected chi connectivity index (χ3v) is 2.30. The molecule has 0 aliphatic heterocycles. The second-order valence-corrected chi connectivity index (χ2v) is 3.17. The van der Waals surface area contributed by atoms with E-state index in [2.05, 4.69) is 15.9 Å². The second kappa shape index (κ2) is 3.23. The number of aldehydes is 1. The Balaban J connectivity index is 3.51. The van der Waals surface area contributed by atoms with Crippen LogP contribution in [-0.4, -0.2) is 11.4 Å². The number of aromatic hydroxyl groups is 1. The summed E-state index contributed by atoms with van der Waals surface area (Å²) in [6.45, 7) is 1.55. The van der Waals surface area contributed by atoms with Gasteiger partial charge in [0.05, 0.1) is 10.0 Å². The van der Waals surface area contributed by atoms with E-state index in [0.717, 1.165) is 0 Å². The maximum Gasteiger partial charge on any atom is 0.153 e. The Morgan fingerprint density at radius 2 is 2.25 bits per heavy atom. The quantitative estimate of drug-likeness (QED) is 0.756. The maximum atomic E-state index is 13.1. The van der Waals surface area contributed by atoms with Gasteiger partial charge in [0.25, 0.3) is 0 Å². The summed E-state index contributed by atoms with van der Waals surface area (Å²) in [5, 5.41) is 9.10. The maximum absolute atomic E-state index is 13.1. The van der Waals surface area contributed by atoms with Crippen molar-refractivity contribution in [1.29, 1.82) is 0 Å². The van der Waals surface area contributed by atoms with Crippen molar-refractivity contribution in [2.45, 2.75) is 6.92 Å². The van der Waals surface area contributed by atoms with Gasteiger partial charge in [-0.05, 0) is 34.5 Å². The summed E-state index contributed by atoms with van der Waals surface area (Å²) in [4.78, 5) is 10.4. The number of carbonyl (C=O) groups is 1. The Bertz CT molecular complexity index is 336. The van der Waals surface area contributed by atoms with Gasteiger partial charge in [0.2, 0.25) is 0 Å². The van der Waals surface area contributed by atoms with Crippen LogP contribution in [0.4, 0.5) is 4.39 Å². The Morgan fingerprint density at radius 3 is 2.75 bits per heavy atom. The first-order valence-corrected chi connectivity index (χ1v) is 4.00. The molecule has 1 rings (SSSR count). The summed E-state index contributed by atoms with van der Waals surface area (Å²) in [5.74, 6) is -0.918. The van der Waals surface area contributed by atoms with Gasteiger partial charge < -0.3 is 5.11 Å². The van der Waals surface area contributed by atoms with Crippen LogP contribution in [0.3, 0.4) is 0 Å². The minimum absolute atomic E-state index is 0.0281. The van der Waals surface area contributed by atoms with Gasteiger partial charge in [0.1, 0.15) is 5.75 Å². The van der Waals surface area contributed by atoms with Gasteiger partial charge >= 0.3 is 0 Å². The molecular weight excluding hydrogens is 227 g/mol. The molecule has 0 atom stereocenters. The predicted octanol–water partition coefficient (Wildman–Crippen LogP) is 2.41. The number of rotatable bonds is 1. The van der Waals surface area contributed by atoms with Crippen molar-refractivity contribution in [3.63, 3.8) is 0 Å². The van der Waals surface area contributed by atoms with Crippen LogP contribution in [0.5, 0.6) is 5.75 Å². The molecule has 0 spiro atoms. The van der Waals surface area contributed by atoms with E-state index in [4.69, 9.17) is 5.11 Å². The lowest BCUT2D eigenvalue weighted by atomic mass is 10.1. The van der Waals surface area contributed by atoms with Crippen LogP contribution in [0.1, 0.15) is 15.9 Å². The number of carbonyl (C=O) groups excluding carboxylic acids is 1. The van der Waals surface area contributed by atoms with Gasteiger partial charge in [-0.3, -0.25) is 4.79 Å². The fraction of sp³-hybridized carbons (Fsp3) is 0.125. The van der Waals surface area contributed by atoms with Crippen LogP contribution in [0.15, 0.2) is 10.5 Å². The summed E-state index contributed by atoms with van der Waals surface area (Å²) in [5.41, 5.74) is 0.392. The lowest BCUT2D eigenvalue weighted by Gasteiger charge is -2.04. The lowest BCUT2D eigenvalue weighted by molar-refractivity contribution is 0.111. The van der Waals surface area contributed by atoms with Crippen molar-refractivity contribution in [2.75, 3.05) is 0 Å². The van der Waals surface area contributed by atoms with E-state index in [1.54, 1.807) is 6.92 Å². The van der Waals surface area contributed by atoms with Crippen molar-refractivity contribution >= 4 is 22.2 Å². The molecule has 0 bridgehead atoms. The van der Waals surface area contributed by atoms with Crippen molar-refractivity contribution < 1.29 is 14.3 Å². The zero-order valence-corrected chi connectivity index (χ0v) is 7.85. The van der Waals surface area contributed by atoms with Gasteiger partial charge in [-0.25, -0.2) is 4.39 Å². The van der Waals surface area contributed by atoms with Crippen molar-refractivity contribution in [3.05, 3.63) is 27.5 Å². The molecule has 0 aliphatic rings. The molecule has 0 radical (unpaired) electrons. The van der Waals surface area contributed by atoms with Crippen LogP contribution in [0.2, 0.25) is 0 Å². The number of phenolic OH excluding ortho intramolecular Hbond substituents is 1. The highest BCUT2D eigenvalue weighted by Gasteiger charge is 2.12. The number of aryl methyl sites for hydroxylation is 1. The van der Waals surface area contributed by atoms with Crippen LogP contribution < -0.4 is 0 Å². The molecule has 64 valence electrons. The summed E-state index contributed by atoms with van der Waals surface area (Å²) in [6.07, 6.45) is 0.425. The smallest absolute Gasteiger partial charge is 0.153 e. The molecule has 0 aromatic heterocycles. The average Bonchev–Trinajstić information content (AvgIpc) is 2.01. The van der Waals surface area contributed by atoms with E-state index >= 15 is 0 Å². The molecule has 0 unspecified atom stereocenters. The molecule has 0 saturated carbocycles. The van der Waals surface area contributed by atoms with Crippen LogP contribution in [0, 0.1) is 12.7 Å². The number of hydrogen-bond acceptors (Lipinski definition) is 2. The molecule has 4 heteroatoms. The van der Waals surface area contributed by atoms with E-state index in [-0.39, 0.29) is 15.8 Å². The van der Waals surface area contributed by atoms with Crippen LogP contribution in [-0.2, 0) is 0 Å². The van der Waals surface area contributed by atoms with E-state index in [1.807, 2.05) is 0 Å². The molecule has 0 saturated heterocycles. The topological polar surface area (TPSA) is 37.3 Å². The first-order valence-electron chi connectivity index (χ1n) is 3.20. The second-order valence-electron chi connectivity index (χ2n) is 2.37. The number of hydrogen-bond donors (Lipinski definition) is 1. The number of benzene rings is 1. The Morgan fingerprint density at radius 1 is 1.67 bits per heavy atom. The van der Waals surface area contributed by atoms with Gasteiger partial charge in [-0.1, -0.05) is 0 Å². The number of halogens is 2. The molecule has 0 amide bonds. The third-order valence-electron chi connectivity index (χ3n) is 1.55. The van der Waals surface area contributed by atoms with Crippen LogP contribution in [0.25, 0.3) is 0 Å². The highest BCUT2D eigenvalue weighted by atomic mass is 79.9. The van der Waals surface area contributed by atoms with Gasteiger partial charge in [-0.2, -0.15) is 0 Å². The van der Waals surface area contributed by atoms with E-state index < -0.39 is 5.82 Å². The first kappa shape index (κ1) is 9.19. The fourth-order valence-electron chi connectivity index (χ4n) is 0.895. The van der Waals surface area contributed by atoms with Gasteiger partial charge in [0.15, 0.2) is 12.1 Å². The van der Waals surface area contributed by atoms with Crippen molar-refractivity contribution in [3.8, 4) is 5.75 Å². The van der Waals surface area contributed by atoms with E-state index in [9.17, 15) is 9.18 Å². The molecule has 2 nitrogen and oxygen atoms in total. The van der Waals surface area contributed by atoms with E-state index in [0.29, 0.717) is 11.8 Å². The monoisotopic (exact) mass is 232 g/mol. The Kier molecular flexibility index (Phi) is 2.47. The molecule has 0 fully saturated rings. The molecule has 0 aliphatic carbocycles. The summed E-state index contributed by atoms with van der Waals surface area (Å²) >= 11 is 2.82. The summed E-state index contributed by atoms with van der Waals surface area (Å²) in [6, 6.07) is 1.33. The molecule has 1 aromatic rings. The Labute approximate surface area is 77.2 Å². The van der Waals surface area contributed by atoms with Gasteiger partial charge in [0, 0.05) is 0 Å². The zero-order valence-electron chi connectivity index (χ0n) is 6.27. The van der Waals surface area contributed by atoms with Crippen LogP contribution >= 0.6 is 15.9 Å². The zero-order chi connectivity index (χ0) is 9.30. The van der Waals surface area contributed by atoms with Gasteiger partial charge in [-0.15, -0.1) is 0 Å². The fourth-order valence-corrected chi connectivity index (χ4v) is 1.22. The lowest BCUT2D eigenvalue weighted by Crippen LogP contribution is -1.93. The van der Waals surface area contributed by atoms with E-state index in [1.165, 1.54) is 6.07 Å². The average molecular weight is 233 g/mol. The predicted molar refractivity (Wildman–Crippen MR) is 45.9 cm³/mol. The summed E-state index contributed by atoms with van der Waals surface area (Å²) in [7, 11) is 0. The minimum atomic E-state index is -0.720. The van der Waals surface area contributed by atoms with Crippen molar-refractivity contribution in [2.24, 2.45) is 0 Å². The molecular formula is C8H6BrFO2. The normalized spacial score (nSPS) is 9.92. The molecule has 1 N–H and O–H groups in total. The standard InChI is InChI=1S/C8H6BrFO2/c1-4-2-6(12)7(9)8(10)5(4)3-11/h2-3,12H,1H3. The Hall–Kier alpha value is -0.900. The third kappa shape index (κ3) is 1.34. The SMILES string of the molecule is Cc1cc(O)c(Br)c(F)c1C=O. The molecule has 1 aromatic carbocycles. The molecule has 12 heavy (non-hydrogen) atoms. The minimum Gasteiger partial charge on any atom is -0.507 e. The highest BCUT2D eigenvalue weighted by molar-refractivity contribution is 9.10. The first-order chi connectivity index (χ1) is 5.57. The number of phenols is 1. The van der Waals surface area contributed by atoms with Crippen molar-refractivity contribution in [1.82, 2.24) is 0 Å². The highest BCUT2D eigenvalue weighted by Crippen LogP contribution is 2.30. The largest absolute Gasteiger partial charge is 0.507 e. The summed E-state index contributed by atoms with van der Waals surface area (Å²) < 4.78 is 13.0. The molecule has 0 heterocycles.